The fourth-order valence-corrected chi connectivity index (χ4v) is 6.27. The molecule has 39 heavy (non-hydrogen) atoms. The number of hydrogen-bond acceptors (Lipinski definition) is 5. The molecule has 200 valence electrons. The average molecular weight is 564 g/mol. The van der Waals surface area contributed by atoms with Crippen molar-refractivity contribution in [1.29, 1.82) is 0 Å². The smallest absolute Gasteiger partial charge is 0.254 e. The first-order chi connectivity index (χ1) is 18.9. The Morgan fingerprint density at radius 3 is 2.28 bits per heavy atom. The Bertz CT molecular complexity index is 1410. The van der Waals surface area contributed by atoms with E-state index < -0.39 is 12.0 Å². The van der Waals surface area contributed by atoms with Crippen molar-refractivity contribution in [2.75, 3.05) is 6.54 Å². The summed E-state index contributed by atoms with van der Waals surface area (Å²) in [5.74, 6) is -1.64. The molecule has 2 aliphatic rings. The largest absolute Gasteiger partial charge is 0.348 e. The molecule has 7 nitrogen and oxygen atoms in total. The molecule has 0 saturated heterocycles. The zero-order valence-electron chi connectivity index (χ0n) is 21.1. The summed E-state index contributed by atoms with van der Waals surface area (Å²) in [7, 11) is 0. The summed E-state index contributed by atoms with van der Waals surface area (Å²) >= 11 is 12.9. The molecule has 0 radical (unpaired) electrons. The highest BCUT2D eigenvalue weighted by Gasteiger charge is 2.47. The first-order valence-electron chi connectivity index (χ1n) is 12.9. The van der Waals surface area contributed by atoms with Gasteiger partial charge in [-0.2, -0.15) is 4.91 Å². The average Bonchev–Trinajstić information content (AvgIpc) is 2.96. The van der Waals surface area contributed by atoms with Crippen LogP contribution >= 0.6 is 23.2 Å². The van der Waals surface area contributed by atoms with Crippen molar-refractivity contribution in [3.63, 3.8) is 0 Å². The first kappa shape index (κ1) is 27.0. The Kier molecular flexibility index (Phi) is 8.10. The van der Waals surface area contributed by atoms with Gasteiger partial charge in [-0.3, -0.25) is 14.4 Å². The Balaban J connectivity index is 1.56. The summed E-state index contributed by atoms with van der Waals surface area (Å²) in [6.07, 6.45) is 2.27. The van der Waals surface area contributed by atoms with E-state index in [0.717, 1.165) is 0 Å². The standard InChI is InChI=1S/C30H27Cl2N3O4/c31-19-10-15-24(25(32)16-19)28-27(29(37)33-17-26(36)18-6-2-1-3-7-18)22-8-4-5-9-23(22)30(38)35(28)21-13-11-20(34-39)12-14-21/h1-10,15-16,20-21,27-28H,11-14,17H2,(H,33,37)/t20-,21-,27-,28+/m1/s1. The zero-order chi connectivity index (χ0) is 27.5. The lowest BCUT2D eigenvalue weighted by molar-refractivity contribution is -0.124. The van der Waals surface area contributed by atoms with E-state index >= 15 is 0 Å². The van der Waals surface area contributed by atoms with Crippen LogP contribution in [0.1, 0.15) is 69.5 Å². The zero-order valence-corrected chi connectivity index (χ0v) is 22.6. The van der Waals surface area contributed by atoms with E-state index in [0.29, 0.717) is 58.0 Å². The number of nitrogens with one attached hydrogen (secondary N) is 1. The van der Waals surface area contributed by atoms with Crippen LogP contribution < -0.4 is 5.32 Å². The second-order valence-electron chi connectivity index (χ2n) is 9.96. The van der Waals surface area contributed by atoms with Gasteiger partial charge in [-0.05, 0) is 55.0 Å². The van der Waals surface area contributed by atoms with Crippen molar-refractivity contribution in [3.05, 3.63) is 110 Å². The lowest BCUT2D eigenvalue weighted by Gasteiger charge is -2.47. The monoisotopic (exact) mass is 563 g/mol. The number of halogens is 2. The fourth-order valence-electron chi connectivity index (χ4n) is 5.75. The summed E-state index contributed by atoms with van der Waals surface area (Å²) in [4.78, 5) is 53.7. The molecule has 2 atom stereocenters. The van der Waals surface area contributed by atoms with E-state index in [-0.39, 0.29) is 36.2 Å². The minimum Gasteiger partial charge on any atom is -0.348 e. The van der Waals surface area contributed by atoms with Crippen molar-refractivity contribution in [2.24, 2.45) is 5.18 Å². The predicted octanol–water partition coefficient (Wildman–Crippen LogP) is 6.35. The minimum atomic E-state index is -0.830. The van der Waals surface area contributed by atoms with Gasteiger partial charge in [-0.1, -0.05) is 83.0 Å². The Morgan fingerprint density at radius 1 is 0.897 bits per heavy atom. The first-order valence-corrected chi connectivity index (χ1v) is 13.7. The topological polar surface area (TPSA) is 95.9 Å². The highest BCUT2D eigenvalue weighted by molar-refractivity contribution is 6.35. The quantitative estimate of drug-likeness (QED) is 0.267. The van der Waals surface area contributed by atoms with Gasteiger partial charge in [-0.15, -0.1) is 0 Å². The maximum atomic E-state index is 14.0. The summed E-state index contributed by atoms with van der Waals surface area (Å²) in [5, 5.41) is 6.81. The molecule has 1 saturated carbocycles. The summed E-state index contributed by atoms with van der Waals surface area (Å²) in [5.41, 5.74) is 2.09. The molecule has 1 N–H and O–H groups in total. The van der Waals surface area contributed by atoms with E-state index in [1.807, 2.05) is 6.07 Å². The highest BCUT2D eigenvalue weighted by Crippen LogP contribution is 2.47. The number of ketones is 1. The van der Waals surface area contributed by atoms with E-state index in [2.05, 4.69) is 10.5 Å². The van der Waals surface area contributed by atoms with Crippen molar-refractivity contribution in [2.45, 2.75) is 49.7 Å². The molecule has 1 aliphatic carbocycles. The number of carbonyl (C=O) groups excluding carboxylic acids is 3. The lowest BCUT2D eigenvalue weighted by Crippen LogP contribution is -2.52. The molecule has 1 fully saturated rings. The molecule has 3 aromatic rings. The maximum Gasteiger partial charge on any atom is 0.254 e. The fraction of sp³-hybridized carbons (Fsp3) is 0.300. The molecule has 1 heterocycles. The number of nitroso groups, excluding NO2 is 1. The highest BCUT2D eigenvalue weighted by atomic mass is 35.5. The van der Waals surface area contributed by atoms with Crippen LogP contribution in [0.25, 0.3) is 0 Å². The van der Waals surface area contributed by atoms with Gasteiger partial charge in [0.25, 0.3) is 5.91 Å². The maximum absolute atomic E-state index is 14.0. The van der Waals surface area contributed by atoms with Crippen molar-refractivity contribution >= 4 is 40.8 Å². The second kappa shape index (κ2) is 11.7. The summed E-state index contributed by atoms with van der Waals surface area (Å²) in [6, 6.07) is 19.6. The molecule has 1 aliphatic heterocycles. The van der Waals surface area contributed by atoms with E-state index in [1.165, 1.54) is 0 Å². The van der Waals surface area contributed by atoms with Crippen LogP contribution in [-0.2, 0) is 4.79 Å². The van der Waals surface area contributed by atoms with E-state index in [9.17, 15) is 19.3 Å². The normalized spacial score (nSPS) is 22.6. The SMILES string of the molecule is O=N[C@H]1CC[C@H](N2C(=O)c3ccccc3[C@@H](C(=O)NCC(=O)c3ccccc3)[C@@H]2c2ccc(Cl)cc2Cl)CC1. The summed E-state index contributed by atoms with van der Waals surface area (Å²) < 4.78 is 0. The van der Waals surface area contributed by atoms with E-state index in [1.54, 1.807) is 71.6 Å². The van der Waals surface area contributed by atoms with Crippen LogP contribution in [0.15, 0.2) is 78.0 Å². The van der Waals surface area contributed by atoms with Crippen LogP contribution in [-0.4, -0.2) is 41.1 Å². The number of benzene rings is 3. The Morgan fingerprint density at radius 2 is 1.59 bits per heavy atom. The number of nitrogens with zero attached hydrogens (tertiary/aromatic N) is 2. The molecule has 3 aromatic carbocycles. The van der Waals surface area contributed by atoms with Gasteiger partial charge in [0, 0.05) is 27.2 Å². The van der Waals surface area contributed by atoms with Gasteiger partial charge < -0.3 is 10.2 Å². The van der Waals surface area contributed by atoms with Gasteiger partial charge in [0.2, 0.25) is 5.91 Å². The van der Waals surface area contributed by atoms with Crippen LogP contribution in [0, 0.1) is 4.91 Å². The number of fused-ring (bicyclic) bond motifs is 1. The van der Waals surface area contributed by atoms with Crippen molar-refractivity contribution in [3.8, 4) is 0 Å². The van der Waals surface area contributed by atoms with Crippen LogP contribution in [0.2, 0.25) is 10.0 Å². The number of amides is 2. The Labute approximate surface area is 236 Å². The molecule has 0 spiro atoms. The van der Waals surface area contributed by atoms with Gasteiger partial charge >= 0.3 is 0 Å². The van der Waals surface area contributed by atoms with Gasteiger partial charge in [0.15, 0.2) is 5.78 Å². The van der Waals surface area contributed by atoms with Gasteiger partial charge in [0.05, 0.1) is 24.5 Å². The van der Waals surface area contributed by atoms with E-state index in [4.69, 9.17) is 23.2 Å². The number of Topliss-reactive ketones (excluding diaryl/α,β-unsaturated/α-hetero) is 1. The van der Waals surface area contributed by atoms with Crippen molar-refractivity contribution < 1.29 is 14.4 Å². The predicted molar refractivity (Wildman–Crippen MR) is 150 cm³/mol. The molecule has 0 aromatic heterocycles. The molecule has 5 rings (SSSR count). The van der Waals surface area contributed by atoms with Crippen molar-refractivity contribution in [1.82, 2.24) is 10.2 Å². The number of rotatable bonds is 7. The molecule has 0 bridgehead atoms. The van der Waals surface area contributed by atoms with Crippen LogP contribution in [0.4, 0.5) is 0 Å². The minimum absolute atomic E-state index is 0.188. The van der Waals surface area contributed by atoms with Crippen LogP contribution in [0.3, 0.4) is 0 Å². The van der Waals surface area contributed by atoms with Gasteiger partial charge in [-0.25, -0.2) is 0 Å². The molecule has 9 heteroatoms. The lowest BCUT2D eigenvalue weighted by atomic mass is 9.77. The molecular formula is C30H27Cl2N3O4. The van der Waals surface area contributed by atoms with Gasteiger partial charge in [0.1, 0.15) is 0 Å². The molecular weight excluding hydrogens is 537 g/mol. The number of hydrogen-bond donors (Lipinski definition) is 1. The van der Waals surface area contributed by atoms with Crippen LogP contribution in [0.5, 0.6) is 0 Å². The molecule has 2 amide bonds. The third kappa shape index (κ3) is 5.47. The second-order valence-corrected chi connectivity index (χ2v) is 10.8. The molecule has 0 unspecified atom stereocenters. The Hall–Kier alpha value is -3.55. The third-order valence-electron chi connectivity index (χ3n) is 7.67. The summed E-state index contributed by atoms with van der Waals surface area (Å²) in [6.45, 7) is -0.188. The third-order valence-corrected chi connectivity index (χ3v) is 8.23. The number of carbonyl (C=O) groups is 3.